The standard InChI is InChI=1S/C11H18N2O4S2/c1-7(6-19(4,16)17)12-10-13-8(5-18-10)11(2,3)9(14)15/h5,7H,6H2,1-4H3,(H,12,13)(H,14,15). The molecule has 1 unspecified atom stereocenters. The zero-order valence-corrected chi connectivity index (χ0v) is 12.9. The van der Waals surface area contributed by atoms with Crippen molar-refractivity contribution in [2.75, 3.05) is 17.3 Å². The predicted octanol–water partition coefficient (Wildman–Crippen LogP) is 1.35. The minimum absolute atomic E-state index is 0.00420. The number of nitrogens with one attached hydrogen (secondary N) is 1. The molecular formula is C11H18N2O4S2. The molecule has 0 amide bonds. The third kappa shape index (κ3) is 4.46. The normalized spacial score (nSPS) is 14.1. The molecule has 6 nitrogen and oxygen atoms in total. The van der Waals surface area contributed by atoms with Gasteiger partial charge in [0.25, 0.3) is 0 Å². The largest absolute Gasteiger partial charge is 0.481 e. The quantitative estimate of drug-likeness (QED) is 0.823. The lowest BCUT2D eigenvalue weighted by atomic mass is 9.90. The zero-order valence-electron chi connectivity index (χ0n) is 11.3. The van der Waals surface area contributed by atoms with E-state index in [0.717, 1.165) is 0 Å². The fraction of sp³-hybridized carbons (Fsp3) is 0.636. The Bertz CT molecular complexity index is 563. The second kappa shape index (κ2) is 5.46. The molecule has 0 aliphatic rings. The number of rotatable bonds is 6. The molecule has 2 N–H and O–H groups in total. The Hall–Kier alpha value is -1.15. The van der Waals surface area contributed by atoms with Gasteiger partial charge in [-0.2, -0.15) is 0 Å². The molecule has 0 bridgehead atoms. The van der Waals surface area contributed by atoms with E-state index in [1.54, 1.807) is 26.2 Å². The summed E-state index contributed by atoms with van der Waals surface area (Å²) in [7, 11) is -3.06. The monoisotopic (exact) mass is 306 g/mol. The topological polar surface area (TPSA) is 96.4 Å². The second-order valence-corrected chi connectivity index (χ2v) is 8.15. The molecule has 1 aromatic heterocycles. The van der Waals surface area contributed by atoms with Crippen LogP contribution in [0.2, 0.25) is 0 Å². The average molecular weight is 306 g/mol. The van der Waals surface area contributed by atoms with Crippen molar-refractivity contribution in [3.05, 3.63) is 11.1 Å². The smallest absolute Gasteiger partial charge is 0.315 e. The zero-order chi connectivity index (χ0) is 14.8. The van der Waals surface area contributed by atoms with Crippen molar-refractivity contribution >= 4 is 32.3 Å². The average Bonchev–Trinajstić information content (AvgIpc) is 2.62. The van der Waals surface area contributed by atoms with Gasteiger partial charge in [-0.1, -0.05) is 0 Å². The van der Waals surface area contributed by atoms with Crippen LogP contribution in [0, 0.1) is 0 Å². The highest BCUT2D eigenvalue weighted by molar-refractivity contribution is 7.90. The van der Waals surface area contributed by atoms with Crippen LogP contribution in [0.1, 0.15) is 26.5 Å². The SMILES string of the molecule is CC(CS(C)(=O)=O)Nc1nc(C(C)(C)C(=O)O)cs1. The van der Waals surface area contributed by atoms with Gasteiger partial charge < -0.3 is 10.4 Å². The minimum atomic E-state index is -3.06. The molecule has 19 heavy (non-hydrogen) atoms. The number of anilines is 1. The second-order valence-electron chi connectivity index (χ2n) is 5.11. The van der Waals surface area contributed by atoms with Gasteiger partial charge in [0.2, 0.25) is 0 Å². The number of carbonyl (C=O) groups is 1. The fourth-order valence-corrected chi connectivity index (χ4v) is 3.43. The van der Waals surface area contributed by atoms with Gasteiger partial charge in [0.1, 0.15) is 15.3 Å². The van der Waals surface area contributed by atoms with E-state index in [0.29, 0.717) is 10.8 Å². The first-order valence-electron chi connectivity index (χ1n) is 5.66. The van der Waals surface area contributed by atoms with Crippen molar-refractivity contribution in [3.63, 3.8) is 0 Å². The molecule has 0 saturated heterocycles. The molecule has 1 heterocycles. The van der Waals surface area contributed by atoms with E-state index in [1.165, 1.54) is 17.6 Å². The van der Waals surface area contributed by atoms with Gasteiger partial charge in [-0.25, -0.2) is 13.4 Å². The maximum atomic E-state index is 11.2. The van der Waals surface area contributed by atoms with E-state index in [4.69, 9.17) is 5.11 Å². The first-order valence-corrected chi connectivity index (χ1v) is 8.60. The molecular weight excluding hydrogens is 288 g/mol. The number of sulfone groups is 1. The van der Waals surface area contributed by atoms with Crippen molar-refractivity contribution in [2.45, 2.75) is 32.2 Å². The summed E-state index contributed by atoms with van der Waals surface area (Å²) < 4.78 is 22.3. The summed E-state index contributed by atoms with van der Waals surface area (Å²) in [5.41, 5.74) is -0.602. The van der Waals surface area contributed by atoms with E-state index >= 15 is 0 Å². The van der Waals surface area contributed by atoms with Gasteiger partial charge in [-0.3, -0.25) is 4.79 Å². The molecule has 0 aromatic carbocycles. The van der Waals surface area contributed by atoms with Crippen LogP contribution in [-0.4, -0.2) is 42.5 Å². The number of carboxylic acid groups (broad SMARTS) is 1. The molecule has 8 heteroatoms. The number of carboxylic acids is 1. The summed E-state index contributed by atoms with van der Waals surface area (Å²) in [5.74, 6) is -0.946. The van der Waals surface area contributed by atoms with Crippen molar-refractivity contribution in [1.29, 1.82) is 0 Å². The van der Waals surface area contributed by atoms with E-state index in [9.17, 15) is 13.2 Å². The number of aromatic nitrogens is 1. The van der Waals surface area contributed by atoms with Gasteiger partial charge in [0, 0.05) is 17.7 Å². The van der Waals surface area contributed by atoms with Crippen LogP contribution in [0.15, 0.2) is 5.38 Å². The predicted molar refractivity (Wildman–Crippen MR) is 75.6 cm³/mol. The Labute approximate surface area is 116 Å². The van der Waals surface area contributed by atoms with E-state index in [1.807, 2.05) is 0 Å². The molecule has 0 radical (unpaired) electrons. The first kappa shape index (κ1) is 15.9. The summed E-state index contributed by atoms with van der Waals surface area (Å²) in [5, 5.41) is 14.3. The van der Waals surface area contributed by atoms with Crippen LogP contribution >= 0.6 is 11.3 Å². The van der Waals surface area contributed by atoms with Crippen molar-refractivity contribution in [2.24, 2.45) is 0 Å². The maximum Gasteiger partial charge on any atom is 0.315 e. The summed E-state index contributed by atoms with van der Waals surface area (Å²) >= 11 is 1.27. The molecule has 108 valence electrons. The number of thiazole rings is 1. The van der Waals surface area contributed by atoms with Crippen LogP contribution in [-0.2, 0) is 20.0 Å². The molecule has 1 atom stereocenters. The van der Waals surface area contributed by atoms with Gasteiger partial charge >= 0.3 is 5.97 Å². The molecule has 1 aromatic rings. The minimum Gasteiger partial charge on any atom is -0.481 e. The number of nitrogens with zero attached hydrogens (tertiary/aromatic N) is 1. The van der Waals surface area contributed by atoms with Crippen LogP contribution in [0.25, 0.3) is 0 Å². The lowest BCUT2D eigenvalue weighted by molar-refractivity contribution is -0.142. The molecule has 0 fully saturated rings. The Morgan fingerprint density at radius 1 is 1.58 bits per heavy atom. The Morgan fingerprint density at radius 3 is 2.63 bits per heavy atom. The van der Waals surface area contributed by atoms with E-state index in [2.05, 4.69) is 10.3 Å². The lowest BCUT2D eigenvalue weighted by Gasteiger charge is -2.16. The third-order valence-corrected chi connectivity index (χ3v) is 4.48. The van der Waals surface area contributed by atoms with Crippen molar-refractivity contribution < 1.29 is 18.3 Å². The summed E-state index contributed by atoms with van der Waals surface area (Å²) in [6, 6.07) is -0.276. The highest BCUT2D eigenvalue weighted by Crippen LogP contribution is 2.27. The third-order valence-electron chi connectivity index (χ3n) is 2.60. The fourth-order valence-electron chi connectivity index (χ4n) is 1.44. The number of hydrogen-bond donors (Lipinski definition) is 2. The summed E-state index contributed by atoms with van der Waals surface area (Å²) in [6.45, 7) is 4.90. The molecule has 0 aliphatic heterocycles. The van der Waals surface area contributed by atoms with Gasteiger partial charge in [0.15, 0.2) is 5.13 Å². The molecule has 0 saturated carbocycles. The van der Waals surface area contributed by atoms with Gasteiger partial charge in [-0.05, 0) is 20.8 Å². The first-order chi connectivity index (χ1) is 8.52. The summed E-state index contributed by atoms with van der Waals surface area (Å²) in [4.78, 5) is 15.3. The lowest BCUT2D eigenvalue weighted by Crippen LogP contribution is -2.29. The van der Waals surface area contributed by atoms with Crippen LogP contribution in [0.3, 0.4) is 0 Å². The van der Waals surface area contributed by atoms with Gasteiger partial charge in [0.05, 0.1) is 11.4 Å². The Balaban J connectivity index is 2.79. The number of aliphatic carboxylic acids is 1. The Morgan fingerprint density at radius 2 is 2.16 bits per heavy atom. The van der Waals surface area contributed by atoms with Crippen LogP contribution in [0.4, 0.5) is 5.13 Å². The van der Waals surface area contributed by atoms with E-state index < -0.39 is 21.2 Å². The van der Waals surface area contributed by atoms with Crippen molar-refractivity contribution in [1.82, 2.24) is 4.98 Å². The molecule has 1 rings (SSSR count). The highest BCUT2D eigenvalue weighted by Gasteiger charge is 2.32. The maximum absolute atomic E-state index is 11.2. The Kier molecular flexibility index (Phi) is 4.57. The van der Waals surface area contributed by atoms with Gasteiger partial charge in [-0.15, -0.1) is 11.3 Å². The van der Waals surface area contributed by atoms with Crippen LogP contribution in [0.5, 0.6) is 0 Å². The molecule has 0 aliphatic carbocycles. The molecule has 0 spiro atoms. The van der Waals surface area contributed by atoms with Crippen molar-refractivity contribution in [3.8, 4) is 0 Å². The highest BCUT2D eigenvalue weighted by atomic mass is 32.2. The van der Waals surface area contributed by atoms with E-state index in [-0.39, 0.29) is 11.8 Å². The number of hydrogen-bond acceptors (Lipinski definition) is 6. The van der Waals surface area contributed by atoms with Crippen LogP contribution < -0.4 is 5.32 Å². The summed E-state index contributed by atoms with van der Waals surface area (Å²) in [6.07, 6.45) is 1.17.